The molecular weight excluding hydrogens is 250 g/mol. The van der Waals surface area contributed by atoms with Crippen molar-refractivity contribution in [1.82, 2.24) is 0 Å². The standard InChI is InChI=1S/C13H17NO5/c1-9-8-18-13-10(16)7-11(19-12(9)13)14(2)3-5-17-6-4-15/h7-8,15H,3-6H2,1-2H3. The first-order chi connectivity index (χ1) is 9.13. The number of hydrogen-bond acceptors (Lipinski definition) is 6. The molecule has 0 aromatic carbocycles. The van der Waals surface area contributed by atoms with Crippen molar-refractivity contribution in [3.63, 3.8) is 0 Å². The largest absolute Gasteiger partial charge is 0.456 e. The van der Waals surface area contributed by atoms with Crippen molar-refractivity contribution in [2.75, 3.05) is 38.3 Å². The number of anilines is 1. The molecule has 19 heavy (non-hydrogen) atoms. The van der Waals surface area contributed by atoms with Crippen molar-refractivity contribution in [3.05, 3.63) is 28.1 Å². The zero-order chi connectivity index (χ0) is 13.8. The number of aliphatic hydroxyl groups excluding tert-OH is 1. The van der Waals surface area contributed by atoms with E-state index in [1.807, 2.05) is 14.0 Å². The average molecular weight is 267 g/mol. The van der Waals surface area contributed by atoms with Gasteiger partial charge in [-0.2, -0.15) is 0 Å². The van der Waals surface area contributed by atoms with Crippen LogP contribution in [0.4, 0.5) is 5.88 Å². The Hall–Kier alpha value is -1.79. The molecule has 104 valence electrons. The summed E-state index contributed by atoms with van der Waals surface area (Å²) in [5.41, 5.74) is 1.31. The number of ether oxygens (including phenoxy) is 1. The summed E-state index contributed by atoms with van der Waals surface area (Å²) in [6.07, 6.45) is 1.50. The molecule has 0 aliphatic rings. The van der Waals surface area contributed by atoms with Gasteiger partial charge in [-0.3, -0.25) is 4.79 Å². The van der Waals surface area contributed by atoms with Crippen molar-refractivity contribution in [3.8, 4) is 0 Å². The molecule has 0 bridgehead atoms. The molecule has 0 aliphatic heterocycles. The number of likely N-dealkylation sites (N-methyl/N-ethyl adjacent to an activating group) is 1. The Morgan fingerprint density at radius 1 is 1.37 bits per heavy atom. The van der Waals surface area contributed by atoms with E-state index in [9.17, 15) is 4.79 Å². The van der Waals surface area contributed by atoms with Crippen molar-refractivity contribution in [1.29, 1.82) is 0 Å². The minimum atomic E-state index is -0.201. The van der Waals surface area contributed by atoms with E-state index in [4.69, 9.17) is 18.7 Å². The molecule has 0 radical (unpaired) electrons. The van der Waals surface area contributed by atoms with Crippen molar-refractivity contribution < 1.29 is 18.7 Å². The summed E-state index contributed by atoms with van der Waals surface area (Å²) in [5.74, 6) is 0.467. The van der Waals surface area contributed by atoms with Gasteiger partial charge in [-0.25, -0.2) is 0 Å². The van der Waals surface area contributed by atoms with E-state index in [1.165, 1.54) is 12.3 Å². The lowest BCUT2D eigenvalue weighted by molar-refractivity contribution is 0.0968. The minimum Gasteiger partial charge on any atom is -0.456 e. The van der Waals surface area contributed by atoms with E-state index < -0.39 is 0 Å². The lowest BCUT2D eigenvalue weighted by Gasteiger charge is -2.17. The highest BCUT2D eigenvalue weighted by molar-refractivity contribution is 5.75. The molecular formula is C13H17NO5. The molecule has 0 amide bonds. The Morgan fingerprint density at radius 2 is 2.16 bits per heavy atom. The summed E-state index contributed by atoms with van der Waals surface area (Å²) >= 11 is 0. The second kappa shape index (κ2) is 5.90. The van der Waals surface area contributed by atoms with Crippen molar-refractivity contribution >= 4 is 17.1 Å². The summed E-state index contributed by atoms with van der Waals surface area (Å²) < 4.78 is 16.0. The Labute approximate surface area is 110 Å². The quantitative estimate of drug-likeness (QED) is 0.791. The number of hydrogen-bond donors (Lipinski definition) is 1. The molecule has 0 spiro atoms. The van der Waals surface area contributed by atoms with Gasteiger partial charge in [-0.1, -0.05) is 0 Å². The van der Waals surface area contributed by atoms with Crippen molar-refractivity contribution in [2.45, 2.75) is 6.92 Å². The Kier molecular flexibility index (Phi) is 4.24. The van der Waals surface area contributed by atoms with Crippen LogP contribution < -0.4 is 10.3 Å². The van der Waals surface area contributed by atoms with Crippen LogP contribution in [0.2, 0.25) is 0 Å². The van der Waals surface area contributed by atoms with Crippen LogP contribution in [0.5, 0.6) is 0 Å². The summed E-state index contributed by atoms with van der Waals surface area (Å²) in [6, 6.07) is 1.40. The van der Waals surface area contributed by atoms with Gasteiger partial charge < -0.3 is 23.6 Å². The topological polar surface area (TPSA) is 76.1 Å². The predicted molar refractivity (Wildman–Crippen MR) is 70.7 cm³/mol. The molecule has 0 saturated heterocycles. The van der Waals surface area contributed by atoms with Gasteiger partial charge in [0.05, 0.1) is 32.2 Å². The first kappa shape index (κ1) is 13.6. The number of nitrogens with zero attached hydrogens (tertiary/aromatic N) is 1. The van der Waals surface area contributed by atoms with E-state index in [0.29, 0.717) is 31.2 Å². The molecule has 0 aliphatic carbocycles. The smallest absolute Gasteiger partial charge is 0.230 e. The Balaban J connectivity index is 2.15. The van der Waals surface area contributed by atoms with E-state index in [0.717, 1.165) is 5.56 Å². The van der Waals surface area contributed by atoms with E-state index >= 15 is 0 Å². The SMILES string of the molecule is Cc1coc2c(=O)cc(N(C)CCOCCO)oc12. The fourth-order valence-corrected chi connectivity index (χ4v) is 1.71. The molecule has 0 fully saturated rings. The molecule has 2 heterocycles. The summed E-state index contributed by atoms with van der Waals surface area (Å²) in [5, 5.41) is 8.60. The van der Waals surface area contributed by atoms with Gasteiger partial charge in [0.15, 0.2) is 11.5 Å². The highest BCUT2D eigenvalue weighted by Gasteiger charge is 2.13. The first-order valence-electron chi connectivity index (χ1n) is 6.05. The van der Waals surface area contributed by atoms with Gasteiger partial charge in [-0.05, 0) is 6.92 Å². The number of furan rings is 1. The fraction of sp³-hybridized carbons (Fsp3) is 0.462. The molecule has 2 rings (SSSR count). The van der Waals surface area contributed by atoms with Crippen LogP contribution in [0.25, 0.3) is 11.2 Å². The van der Waals surface area contributed by atoms with Gasteiger partial charge in [0.1, 0.15) is 0 Å². The third kappa shape index (κ3) is 2.97. The van der Waals surface area contributed by atoms with Crippen LogP contribution in [0.1, 0.15) is 5.56 Å². The maximum absolute atomic E-state index is 11.8. The molecule has 1 N–H and O–H groups in total. The average Bonchev–Trinajstić information content (AvgIpc) is 2.77. The molecule has 0 atom stereocenters. The van der Waals surface area contributed by atoms with Crippen LogP contribution in [0, 0.1) is 6.92 Å². The molecule has 0 unspecified atom stereocenters. The summed E-state index contributed by atoms with van der Waals surface area (Å²) in [6.45, 7) is 3.13. The fourth-order valence-electron chi connectivity index (χ4n) is 1.71. The lowest BCUT2D eigenvalue weighted by atomic mass is 10.3. The summed E-state index contributed by atoms with van der Waals surface area (Å²) in [7, 11) is 1.81. The minimum absolute atomic E-state index is 0.00102. The lowest BCUT2D eigenvalue weighted by Crippen LogP contribution is -2.24. The zero-order valence-electron chi connectivity index (χ0n) is 11.0. The van der Waals surface area contributed by atoms with Gasteiger partial charge in [0.25, 0.3) is 0 Å². The highest BCUT2D eigenvalue weighted by atomic mass is 16.5. The third-order valence-electron chi connectivity index (χ3n) is 2.79. The van der Waals surface area contributed by atoms with Crippen LogP contribution in [-0.4, -0.2) is 38.5 Å². The molecule has 2 aromatic rings. The van der Waals surface area contributed by atoms with Crippen LogP contribution in [0.15, 0.2) is 26.0 Å². The zero-order valence-corrected chi connectivity index (χ0v) is 11.0. The number of fused-ring (bicyclic) bond motifs is 1. The van der Waals surface area contributed by atoms with Gasteiger partial charge in [0.2, 0.25) is 11.0 Å². The predicted octanol–water partition coefficient (Wildman–Crippen LogP) is 1.14. The Morgan fingerprint density at radius 3 is 2.89 bits per heavy atom. The maximum Gasteiger partial charge on any atom is 0.230 e. The second-order valence-corrected chi connectivity index (χ2v) is 4.28. The monoisotopic (exact) mass is 267 g/mol. The number of aliphatic hydroxyl groups is 1. The molecule has 6 heteroatoms. The first-order valence-corrected chi connectivity index (χ1v) is 6.05. The summed E-state index contributed by atoms with van der Waals surface area (Å²) in [4.78, 5) is 13.6. The van der Waals surface area contributed by atoms with E-state index in [-0.39, 0.29) is 17.6 Å². The number of aryl methyl sites for hydroxylation is 1. The van der Waals surface area contributed by atoms with Crippen LogP contribution >= 0.6 is 0 Å². The number of rotatable bonds is 6. The molecule has 2 aromatic heterocycles. The highest BCUT2D eigenvalue weighted by Crippen LogP contribution is 2.22. The molecule has 6 nitrogen and oxygen atoms in total. The van der Waals surface area contributed by atoms with Gasteiger partial charge in [-0.15, -0.1) is 0 Å². The van der Waals surface area contributed by atoms with Crippen LogP contribution in [0.3, 0.4) is 0 Å². The molecule has 0 saturated carbocycles. The maximum atomic E-state index is 11.8. The van der Waals surface area contributed by atoms with Gasteiger partial charge in [0, 0.05) is 19.2 Å². The van der Waals surface area contributed by atoms with Gasteiger partial charge >= 0.3 is 0 Å². The van der Waals surface area contributed by atoms with E-state index in [1.54, 1.807) is 4.90 Å². The van der Waals surface area contributed by atoms with Crippen molar-refractivity contribution in [2.24, 2.45) is 0 Å². The van der Waals surface area contributed by atoms with Crippen LogP contribution in [-0.2, 0) is 4.74 Å². The van der Waals surface area contributed by atoms with E-state index in [2.05, 4.69) is 0 Å². The normalized spacial score (nSPS) is 11.1. The second-order valence-electron chi connectivity index (χ2n) is 4.28. The third-order valence-corrected chi connectivity index (χ3v) is 2.79. The Bertz CT molecular complexity index is 601.